The van der Waals surface area contributed by atoms with Gasteiger partial charge in [0.05, 0.1) is 7.11 Å². The molecule has 11 heteroatoms. The Morgan fingerprint density at radius 3 is 2.36 bits per heavy atom. The Morgan fingerprint density at radius 1 is 1.32 bits per heavy atom. The van der Waals surface area contributed by atoms with Gasteiger partial charge < -0.3 is 14.7 Å². The molecule has 0 bridgehead atoms. The Morgan fingerprint density at radius 2 is 1.92 bits per heavy atom. The third kappa shape index (κ3) is 8.11. The van der Waals surface area contributed by atoms with E-state index < -0.39 is 12.1 Å². The molecule has 0 atom stereocenters. The van der Waals surface area contributed by atoms with Crippen LogP contribution in [-0.2, 0) is 17.8 Å². The van der Waals surface area contributed by atoms with Gasteiger partial charge in [0.25, 0.3) is 0 Å². The summed E-state index contributed by atoms with van der Waals surface area (Å²) in [6.45, 7) is 1.79. The Balaban J connectivity index is 0.000000381. The van der Waals surface area contributed by atoms with E-state index in [0.29, 0.717) is 0 Å². The van der Waals surface area contributed by atoms with Gasteiger partial charge in [-0.05, 0) is 24.7 Å². The zero-order valence-electron chi connectivity index (χ0n) is 13.6. The van der Waals surface area contributed by atoms with Crippen molar-refractivity contribution in [2.45, 2.75) is 19.1 Å². The number of nitrogens with zero attached hydrogens (tertiary/aromatic N) is 4. The summed E-state index contributed by atoms with van der Waals surface area (Å²) >= 11 is 0. The van der Waals surface area contributed by atoms with Crippen LogP contribution in [-0.4, -0.2) is 63.5 Å². The summed E-state index contributed by atoms with van der Waals surface area (Å²) in [5, 5.41) is 21.0. The first-order valence-corrected chi connectivity index (χ1v) is 7.06. The lowest BCUT2D eigenvalue weighted by Crippen LogP contribution is -2.21. The number of halogens is 3. The molecule has 0 amide bonds. The van der Waals surface area contributed by atoms with Gasteiger partial charge in [0.1, 0.15) is 5.75 Å². The smallest absolute Gasteiger partial charge is 0.490 e. The predicted octanol–water partition coefficient (Wildman–Crippen LogP) is 1.52. The molecule has 138 valence electrons. The van der Waals surface area contributed by atoms with E-state index in [0.717, 1.165) is 31.1 Å². The van der Waals surface area contributed by atoms with E-state index in [1.807, 2.05) is 12.1 Å². The lowest BCUT2D eigenvalue weighted by molar-refractivity contribution is -0.192. The Labute approximate surface area is 141 Å². The molecule has 2 rings (SSSR count). The molecule has 0 spiro atoms. The quantitative estimate of drug-likeness (QED) is 0.804. The number of alkyl halides is 3. The molecule has 0 radical (unpaired) electrons. The molecule has 0 saturated heterocycles. The number of aromatic amines is 1. The zero-order valence-corrected chi connectivity index (χ0v) is 13.6. The summed E-state index contributed by atoms with van der Waals surface area (Å²) in [6, 6.07) is 8.10. The van der Waals surface area contributed by atoms with Gasteiger partial charge in [-0.2, -0.15) is 18.4 Å². The highest BCUT2D eigenvalue weighted by Crippen LogP contribution is 2.13. The van der Waals surface area contributed by atoms with Gasteiger partial charge in [-0.25, -0.2) is 4.79 Å². The summed E-state index contributed by atoms with van der Waals surface area (Å²) in [5.74, 6) is -1.13. The van der Waals surface area contributed by atoms with Gasteiger partial charge in [0.2, 0.25) is 0 Å². The molecule has 2 aromatic rings. The lowest BCUT2D eigenvalue weighted by atomic mass is 10.2. The number of likely N-dealkylation sites (N-methyl/N-ethyl adjacent to an activating group) is 1. The lowest BCUT2D eigenvalue weighted by Gasteiger charge is -2.15. The fraction of sp³-hybridized carbons (Fsp3) is 0.429. The highest BCUT2D eigenvalue weighted by Gasteiger charge is 2.38. The van der Waals surface area contributed by atoms with Crippen molar-refractivity contribution in [1.29, 1.82) is 0 Å². The molecular formula is C14H18F3N5O3. The third-order valence-corrected chi connectivity index (χ3v) is 2.96. The monoisotopic (exact) mass is 361 g/mol. The van der Waals surface area contributed by atoms with Gasteiger partial charge in [0, 0.05) is 19.5 Å². The molecule has 0 saturated carbocycles. The van der Waals surface area contributed by atoms with E-state index in [2.05, 4.69) is 44.7 Å². The predicted molar refractivity (Wildman–Crippen MR) is 80.9 cm³/mol. The Kier molecular flexibility index (Phi) is 7.79. The summed E-state index contributed by atoms with van der Waals surface area (Å²) < 4.78 is 36.9. The maximum absolute atomic E-state index is 10.6. The van der Waals surface area contributed by atoms with E-state index >= 15 is 0 Å². The summed E-state index contributed by atoms with van der Waals surface area (Å²) in [6.07, 6.45) is -4.29. The van der Waals surface area contributed by atoms with Crippen molar-refractivity contribution in [1.82, 2.24) is 25.5 Å². The molecule has 25 heavy (non-hydrogen) atoms. The van der Waals surface area contributed by atoms with Crippen LogP contribution in [0, 0.1) is 0 Å². The molecule has 0 unspecified atom stereocenters. The number of H-pyrrole nitrogens is 1. The Bertz CT molecular complexity index is 632. The number of ether oxygens (including phenoxy) is 1. The van der Waals surface area contributed by atoms with Crippen LogP contribution in [0.4, 0.5) is 13.2 Å². The molecule has 1 aromatic heterocycles. The fourth-order valence-corrected chi connectivity index (χ4v) is 1.70. The molecule has 8 nitrogen and oxygen atoms in total. The largest absolute Gasteiger partial charge is 0.497 e. The number of carboxylic acids is 1. The third-order valence-electron chi connectivity index (χ3n) is 2.96. The second kappa shape index (κ2) is 9.57. The minimum Gasteiger partial charge on any atom is -0.497 e. The van der Waals surface area contributed by atoms with Crippen molar-refractivity contribution in [2.75, 3.05) is 20.7 Å². The van der Waals surface area contributed by atoms with E-state index in [-0.39, 0.29) is 0 Å². The maximum atomic E-state index is 10.6. The average Bonchev–Trinajstić information content (AvgIpc) is 3.07. The van der Waals surface area contributed by atoms with Gasteiger partial charge in [-0.15, -0.1) is 10.2 Å². The number of nitrogens with one attached hydrogen (secondary N) is 1. The van der Waals surface area contributed by atoms with Crippen molar-refractivity contribution in [3.05, 3.63) is 35.7 Å². The molecule has 1 heterocycles. The Hall–Kier alpha value is -2.69. The normalized spacial score (nSPS) is 11.0. The highest BCUT2D eigenvalue weighted by atomic mass is 19.4. The first-order valence-electron chi connectivity index (χ1n) is 7.06. The van der Waals surface area contributed by atoms with Gasteiger partial charge in [0.15, 0.2) is 5.82 Å². The maximum Gasteiger partial charge on any atom is 0.490 e. The number of methoxy groups -OCH3 is 1. The number of carboxylic acid groups (broad SMARTS) is 1. The van der Waals surface area contributed by atoms with Crippen molar-refractivity contribution < 1.29 is 27.8 Å². The van der Waals surface area contributed by atoms with Crippen LogP contribution in [0.2, 0.25) is 0 Å². The molecule has 0 aliphatic heterocycles. The minimum absolute atomic E-state index is 0.747. The van der Waals surface area contributed by atoms with Crippen LogP contribution in [0.15, 0.2) is 24.3 Å². The molecule has 2 N–H and O–H groups in total. The van der Waals surface area contributed by atoms with Crippen LogP contribution in [0.1, 0.15) is 11.4 Å². The van der Waals surface area contributed by atoms with Crippen LogP contribution in [0.25, 0.3) is 0 Å². The van der Waals surface area contributed by atoms with Gasteiger partial charge in [-0.3, -0.25) is 0 Å². The SMILES string of the molecule is COc1ccc(CN(C)CCc2nn[nH]n2)cc1.O=C(O)C(F)(F)F. The van der Waals surface area contributed by atoms with Crippen LogP contribution >= 0.6 is 0 Å². The minimum atomic E-state index is -5.08. The van der Waals surface area contributed by atoms with Gasteiger partial charge >= 0.3 is 12.1 Å². The number of tetrazole rings is 1. The molecule has 0 aliphatic carbocycles. The van der Waals surface area contributed by atoms with E-state index in [1.54, 1.807) is 7.11 Å². The first kappa shape index (κ1) is 20.4. The summed E-state index contributed by atoms with van der Waals surface area (Å²) in [7, 11) is 3.75. The number of hydrogen-bond donors (Lipinski definition) is 2. The van der Waals surface area contributed by atoms with E-state index in [9.17, 15) is 13.2 Å². The average molecular weight is 361 g/mol. The second-order valence-corrected chi connectivity index (χ2v) is 4.97. The van der Waals surface area contributed by atoms with Crippen molar-refractivity contribution >= 4 is 5.97 Å². The van der Waals surface area contributed by atoms with Crippen LogP contribution in [0.5, 0.6) is 5.75 Å². The number of carbonyl (C=O) groups is 1. The van der Waals surface area contributed by atoms with E-state index in [1.165, 1.54) is 5.56 Å². The number of rotatable bonds is 6. The van der Waals surface area contributed by atoms with E-state index in [4.69, 9.17) is 14.6 Å². The van der Waals surface area contributed by atoms with Crippen molar-refractivity contribution in [3.63, 3.8) is 0 Å². The molecule has 1 aromatic carbocycles. The standard InChI is InChI=1S/C12H17N5O.C2HF3O2/c1-17(8-7-12-13-15-16-14-12)9-10-3-5-11(18-2)6-4-10;3-2(4,5)1(6)7/h3-6H,7-9H2,1-2H3,(H,13,14,15,16);(H,6,7). The summed E-state index contributed by atoms with van der Waals surface area (Å²) in [5.41, 5.74) is 1.26. The van der Waals surface area contributed by atoms with Crippen molar-refractivity contribution in [3.8, 4) is 5.75 Å². The van der Waals surface area contributed by atoms with Crippen LogP contribution in [0.3, 0.4) is 0 Å². The van der Waals surface area contributed by atoms with Gasteiger partial charge in [-0.1, -0.05) is 17.3 Å². The van der Waals surface area contributed by atoms with Crippen LogP contribution < -0.4 is 4.74 Å². The first-order chi connectivity index (χ1) is 11.7. The number of aliphatic carboxylic acids is 1. The number of aromatic nitrogens is 4. The molecule has 0 fully saturated rings. The molecular weight excluding hydrogens is 343 g/mol. The summed E-state index contributed by atoms with van der Waals surface area (Å²) in [4.78, 5) is 11.1. The highest BCUT2D eigenvalue weighted by molar-refractivity contribution is 5.73. The molecule has 0 aliphatic rings. The zero-order chi connectivity index (χ0) is 18.9. The second-order valence-electron chi connectivity index (χ2n) is 4.97. The number of hydrogen-bond acceptors (Lipinski definition) is 6. The number of benzene rings is 1. The fourth-order valence-electron chi connectivity index (χ4n) is 1.70. The van der Waals surface area contributed by atoms with Crippen molar-refractivity contribution in [2.24, 2.45) is 0 Å². The topological polar surface area (TPSA) is 104 Å².